The van der Waals surface area contributed by atoms with Gasteiger partial charge in [0.05, 0.1) is 0 Å². The normalized spacial score (nSPS) is 53.8. The van der Waals surface area contributed by atoms with Crippen LogP contribution < -0.4 is 5.73 Å². The SMILES string of the molecule is CC1(C)C(CN)C1C1CC2CCC1C2. The number of nitrogens with two attached hydrogens (primary N) is 1. The largest absolute Gasteiger partial charge is 0.330 e. The Hall–Kier alpha value is -0.0400. The Morgan fingerprint density at radius 1 is 1.21 bits per heavy atom. The predicted molar refractivity (Wildman–Crippen MR) is 58.8 cm³/mol. The van der Waals surface area contributed by atoms with Crippen molar-refractivity contribution in [1.29, 1.82) is 0 Å². The summed E-state index contributed by atoms with van der Waals surface area (Å²) in [6, 6.07) is 0. The highest BCUT2D eigenvalue weighted by Gasteiger charge is 2.62. The third-order valence-electron chi connectivity index (χ3n) is 5.65. The fraction of sp³-hybridized carbons (Fsp3) is 1.00. The van der Waals surface area contributed by atoms with E-state index in [1.54, 1.807) is 6.42 Å². The molecule has 0 saturated heterocycles. The molecule has 0 aliphatic heterocycles. The van der Waals surface area contributed by atoms with E-state index in [4.69, 9.17) is 5.73 Å². The van der Waals surface area contributed by atoms with E-state index < -0.39 is 0 Å². The van der Waals surface area contributed by atoms with Crippen LogP contribution in [0.1, 0.15) is 39.5 Å². The van der Waals surface area contributed by atoms with Crippen LogP contribution in [0, 0.1) is 35.0 Å². The third-order valence-corrected chi connectivity index (χ3v) is 5.65. The van der Waals surface area contributed by atoms with Crippen LogP contribution in [-0.2, 0) is 0 Å². The van der Waals surface area contributed by atoms with E-state index in [9.17, 15) is 0 Å². The topological polar surface area (TPSA) is 26.0 Å². The zero-order chi connectivity index (χ0) is 9.92. The summed E-state index contributed by atoms with van der Waals surface area (Å²) < 4.78 is 0. The van der Waals surface area contributed by atoms with Crippen LogP contribution in [0.2, 0.25) is 0 Å². The van der Waals surface area contributed by atoms with Crippen LogP contribution in [0.5, 0.6) is 0 Å². The summed E-state index contributed by atoms with van der Waals surface area (Å²) in [5.41, 5.74) is 6.44. The molecule has 80 valence electrons. The van der Waals surface area contributed by atoms with Crippen molar-refractivity contribution in [2.24, 2.45) is 40.7 Å². The first kappa shape index (κ1) is 9.21. The van der Waals surface area contributed by atoms with Gasteiger partial charge in [0.25, 0.3) is 0 Å². The molecule has 2 N–H and O–H groups in total. The molecule has 2 bridgehead atoms. The van der Waals surface area contributed by atoms with Crippen molar-refractivity contribution in [3.05, 3.63) is 0 Å². The average Bonchev–Trinajstić information content (AvgIpc) is 2.61. The maximum Gasteiger partial charge on any atom is -0.00407 e. The second-order valence-electron chi connectivity index (χ2n) is 6.53. The molecular weight excluding hydrogens is 170 g/mol. The molecule has 1 heteroatoms. The molecule has 5 atom stereocenters. The molecule has 0 aromatic heterocycles. The maximum atomic E-state index is 5.87. The Bertz CT molecular complexity index is 244. The molecule has 0 heterocycles. The van der Waals surface area contributed by atoms with E-state index in [0.717, 1.165) is 36.1 Å². The van der Waals surface area contributed by atoms with E-state index in [0.29, 0.717) is 5.41 Å². The van der Waals surface area contributed by atoms with Gasteiger partial charge in [-0.05, 0) is 60.8 Å². The van der Waals surface area contributed by atoms with Gasteiger partial charge in [-0.3, -0.25) is 0 Å². The van der Waals surface area contributed by atoms with E-state index in [-0.39, 0.29) is 0 Å². The molecule has 5 unspecified atom stereocenters. The molecule has 3 aliphatic rings. The fourth-order valence-corrected chi connectivity index (χ4v) is 4.82. The fourth-order valence-electron chi connectivity index (χ4n) is 4.82. The lowest BCUT2D eigenvalue weighted by atomic mass is 9.82. The smallest absolute Gasteiger partial charge is 0.00407 e. The zero-order valence-electron chi connectivity index (χ0n) is 9.50. The van der Waals surface area contributed by atoms with Crippen molar-refractivity contribution in [1.82, 2.24) is 0 Å². The van der Waals surface area contributed by atoms with Crippen molar-refractivity contribution in [2.45, 2.75) is 39.5 Å². The van der Waals surface area contributed by atoms with E-state index in [1.165, 1.54) is 19.3 Å². The summed E-state index contributed by atoms with van der Waals surface area (Å²) in [7, 11) is 0. The molecule has 3 saturated carbocycles. The van der Waals surface area contributed by atoms with Crippen LogP contribution >= 0.6 is 0 Å². The van der Waals surface area contributed by atoms with Crippen LogP contribution in [0.3, 0.4) is 0 Å². The molecule has 3 fully saturated rings. The van der Waals surface area contributed by atoms with Crippen molar-refractivity contribution in [3.63, 3.8) is 0 Å². The zero-order valence-corrected chi connectivity index (χ0v) is 9.50. The van der Waals surface area contributed by atoms with Gasteiger partial charge in [-0.2, -0.15) is 0 Å². The summed E-state index contributed by atoms with van der Waals surface area (Å²) in [4.78, 5) is 0. The van der Waals surface area contributed by atoms with Crippen molar-refractivity contribution >= 4 is 0 Å². The van der Waals surface area contributed by atoms with E-state index >= 15 is 0 Å². The van der Waals surface area contributed by atoms with Gasteiger partial charge in [0.15, 0.2) is 0 Å². The van der Waals surface area contributed by atoms with Crippen LogP contribution in [0.15, 0.2) is 0 Å². The Kier molecular flexibility index (Phi) is 1.81. The Labute approximate surface area is 87.4 Å². The summed E-state index contributed by atoms with van der Waals surface area (Å²) in [5, 5.41) is 0. The number of hydrogen-bond donors (Lipinski definition) is 1. The number of rotatable bonds is 2. The summed E-state index contributed by atoms with van der Waals surface area (Å²) in [6.07, 6.45) is 6.14. The third kappa shape index (κ3) is 1.05. The van der Waals surface area contributed by atoms with Crippen LogP contribution in [0.4, 0.5) is 0 Å². The highest BCUT2D eigenvalue weighted by atomic mass is 14.7. The molecule has 0 radical (unpaired) electrons. The number of hydrogen-bond acceptors (Lipinski definition) is 1. The standard InChI is InChI=1S/C13H23N/c1-13(2)11(7-14)12(13)10-6-8-3-4-9(10)5-8/h8-12H,3-7,14H2,1-2H3. The molecule has 0 spiro atoms. The van der Waals surface area contributed by atoms with Crippen molar-refractivity contribution in [2.75, 3.05) is 6.54 Å². The van der Waals surface area contributed by atoms with Gasteiger partial charge >= 0.3 is 0 Å². The van der Waals surface area contributed by atoms with E-state index in [1.807, 2.05) is 0 Å². The summed E-state index contributed by atoms with van der Waals surface area (Å²) >= 11 is 0. The second-order valence-corrected chi connectivity index (χ2v) is 6.53. The van der Waals surface area contributed by atoms with Crippen LogP contribution in [-0.4, -0.2) is 6.54 Å². The molecule has 3 rings (SSSR count). The summed E-state index contributed by atoms with van der Waals surface area (Å²) in [6.45, 7) is 5.79. The van der Waals surface area contributed by atoms with Gasteiger partial charge in [-0.15, -0.1) is 0 Å². The quantitative estimate of drug-likeness (QED) is 0.717. The molecule has 3 aliphatic carbocycles. The first-order valence-electron chi connectivity index (χ1n) is 6.34. The van der Waals surface area contributed by atoms with Gasteiger partial charge in [-0.25, -0.2) is 0 Å². The van der Waals surface area contributed by atoms with Gasteiger partial charge in [0.2, 0.25) is 0 Å². The second kappa shape index (κ2) is 2.75. The minimum Gasteiger partial charge on any atom is -0.330 e. The lowest BCUT2D eigenvalue weighted by molar-refractivity contribution is 0.265. The van der Waals surface area contributed by atoms with Gasteiger partial charge in [0.1, 0.15) is 0 Å². The predicted octanol–water partition coefficient (Wildman–Crippen LogP) is 2.65. The monoisotopic (exact) mass is 193 g/mol. The van der Waals surface area contributed by atoms with Gasteiger partial charge in [0, 0.05) is 0 Å². The molecule has 14 heavy (non-hydrogen) atoms. The van der Waals surface area contributed by atoms with Crippen molar-refractivity contribution < 1.29 is 0 Å². The lowest BCUT2D eigenvalue weighted by Gasteiger charge is -2.23. The number of fused-ring (bicyclic) bond motifs is 2. The lowest BCUT2D eigenvalue weighted by Crippen LogP contribution is -2.16. The average molecular weight is 193 g/mol. The molecular formula is C13H23N. The molecule has 1 nitrogen and oxygen atoms in total. The van der Waals surface area contributed by atoms with Crippen molar-refractivity contribution in [3.8, 4) is 0 Å². The first-order valence-corrected chi connectivity index (χ1v) is 6.34. The van der Waals surface area contributed by atoms with Gasteiger partial charge < -0.3 is 5.73 Å². The van der Waals surface area contributed by atoms with Gasteiger partial charge in [-0.1, -0.05) is 20.3 Å². The minimum atomic E-state index is 0.573. The maximum absolute atomic E-state index is 5.87. The highest BCUT2D eigenvalue weighted by molar-refractivity contribution is 5.11. The summed E-state index contributed by atoms with van der Waals surface area (Å²) in [5.74, 6) is 5.05. The minimum absolute atomic E-state index is 0.573. The Morgan fingerprint density at radius 3 is 2.43 bits per heavy atom. The Balaban J connectivity index is 1.73. The van der Waals surface area contributed by atoms with E-state index in [2.05, 4.69) is 13.8 Å². The molecule has 0 amide bonds. The van der Waals surface area contributed by atoms with Crippen LogP contribution in [0.25, 0.3) is 0 Å². The Morgan fingerprint density at radius 2 is 2.00 bits per heavy atom. The molecule has 0 aromatic rings. The highest BCUT2D eigenvalue weighted by Crippen LogP contribution is 2.67. The first-order chi connectivity index (χ1) is 6.64. The molecule has 0 aromatic carbocycles.